The molecule has 1 rings (SSSR count). The normalized spacial score (nSPS) is 22.2. The van der Waals surface area contributed by atoms with Gasteiger partial charge in [0.2, 0.25) is 0 Å². The molecule has 0 radical (unpaired) electrons. The molecule has 110 valence electrons. The highest BCUT2D eigenvalue weighted by atomic mass is 14.9. The van der Waals surface area contributed by atoms with Crippen LogP contribution in [0.25, 0.3) is 0 Å². The van der Waals surface area contributed by atoms with Crippen molar-refractivity contribution in [2.75, 3.05) is 19.6 Å². The van der Waals surface area contributed by atoms with Crippen molar-refractivity contribution < 1.29 is 0 Å². The highest BCUT2D eigenvalue weighted by Gasteiger charge is 2.23. The maximum atomic E-state index is 4.64. The molecular weight excluding hydrogens is 234 g/mol. The van der Waals surface area contributed by atoms with Crippen LogP contribution in [0.4, 0.5) is 0 Å². The lowest BCUT2D eigenvalue weighted by molar-refractivity contribution is 0.299. The SMILES string of the molecule is CCN=C=NC(CCC(C)(C)C)C1CCCNCC1. The summed E-state index contributed by atoms with van der Waals surface area (Å²) in [5.74, 6) is 0.705. The van der Waals surface area contributed by atoms with Crippen molar-refractivity contribution in [1.29, 1.82) is 0 Å². The van der Waals surface area contributed by atoms with Gasteiger partial charge < -0.3 is 5.32 Å². The highest BCUT2D eigenvalue weighted by Crippen LogP contribution is 2.28. The van der Waals surface area contributed by atoms with Crippen molar-refractivity contribution in [2.24, 2.45) is 21.3 Å². The molecular formula is C16H31N3. The molecule has 1 aliphatic rings. The summed E-state index contributed by atoms with van der Waals surface area (Å²) >= 11 is 0. The first-order valence-electron chi connectivity index (χ1n) is 7.85. The molecule has 0 aromatic heterocycles. The zero-order chi connectivity index (χ0) is 14.1. The Morgan fingerprint density at radius 1 is 1.26 bits per heavy atom. The summed E-state index contributed by atoms with van der Waals surface area (Å²) in [5, 5.41) is 3.49. The van der Waals surface area contributed by atoms with Gasteiger partial charge in [-0.1, -0.05) is 20.8 Å². The topological polar surface area (TPSA) is 36.8 Å². The Morgan fingerprint density at radius 2 is 2.05 bits per heavy atom. The average Bonchev–Trinajstić information content (AvgIpc) is 2.61. The van der Waals surface area contributed by atoms with Gasteiger partial charge in [0.15, 0.2) is 0 Å². The monoisotopic (exact) mass is 265 g/mol. The lowest BCUT2D eigenvalue weighted by atomic mass is 9.83. The van der Waals surface area contributed by atoms with E-state index in [1.807, 2.05) is 6.92 Å². The third-order valence-corrected chi connectivity index (χ3v) is 3.81. The molecule has 0 bridgehead atoms. The smallest absolute Gasteiger partial charge is 0.0895 e. The molecule has 1 heterocycles. The molecule has 0 aromatic carbocycles. The van der Waals surface area contributed by atoms with E-state index in [4.69, 9.17) is 0 Å². The Bertz CT molecular complexity index is 290. The average molecular weight is 265 g/mol. The van der Waals surface area contributed by atoms with Crippen molar-refractivity contribution >= 4 is 6.01 Å². The van der Waals surface area contributed by atoms with Crippen molar-refractivity contribution in [3.8, 4) is 0 Å². The number of rotatable bonds is 5. The molecule has 1 fully saturated rings. The van der Waals surface area contributed by atoms with E-state index in [2.05, 4.69) is 42.1 Å². The lowest BCUT2D eigenvalue weighted by Crippen LogP contribution is -2.22. The first-order valence-corrected chi connectivity index (χ1v) is 7.85. The van der Waals surface area contributed by atoms with Crippen LogP contribution >= 0.6 is 0 Å². The molecule has 3 heteroatoms. The number of nitrogens with one attached hydrogen (secondary N) is 1. The predicted octanol–water partition coefficient (Wildman–Crippen LogP) is 3.76. The Hall–Kier alpha value is -0.660. The quantitative estimate of drug-likeness (QED) is 0.755. The lowest BCUT2D eigenvalue weighted by Gasteiger charge is -2.25. The molecule has 19 heavy (non-hydrogen) atoms. The van der Waals surface area contributed by atoms with Crippen LogP contribution in [0.5, 0.6) is 0 Å². The molecule has 0 aromatic rings. The van der Waals surface area contributed by atoms with Crippen LogP contribution in [-0.2, 0) is 0 Å². The minimum Gasteiger partial charge on any atom is -0.317 e. The fraction of sp³-hybridized carbons (Fsp3) is 0.938. The third kappa shape index (κ3) is 7.49. The summed E-state index contributed by atoms with van der Waals surface area (Å²) < 4.78 is 0. The van der Waals surface area contributed by atoms with Gasteiger partial charge in [0.1, 0.15) is 0 Å². The van der Waals surface area contributed by atoms with Gasteiger partial charge in [-0.3, -0.25) is 0 Å². The fourth-order valence-corrected chi connectivity index (χ4v) is 2.60. The number of nitrogens with zero attached hydrogens (tertiary/aromatic N) is 2. The van der Waals surface area contributed by atoms with Crippen molar-refractivity contribution in [2.45, 2.75) is 65.8 Å². The molecule has 1 aliphatic heterocycles. The summed E-state index contributed by atoms with van der Waals surface area (Å²) in [6, 6.07) is 3.33. The van der Waals surface area contributed by atoms with Gasteiger partial charge in [-0.15, -0.1) is 0 Å². The third-order valence-electron chi connectivity index (χ3n) is 3.81. The minimum absolute atomic E-state index is 0.388. The number of hydrogen-bond donors (Lipinski definition) is 1. The van der Waals surface area contributed by atoms with Crippen LogP contribution < -0.4 is 5.32 Å². The Balaban J connectivity index is 2.64. The zero-order valence-electron chi connectivity index (χ0n) is 13.2. The second-order valence-corrected chi connectivity index (χ2v) is 6.81. The summed E-state index contributed by atoms with van der Waals surface area (Å²) in [7, 11) is 0. The molecule has 0 aliphatic carbocycles. The standard InChI is InChI=1S/C16H31N3/c1-5-17-13-19-15(8-10-16(2,3)4)14-7-6-11-18-12-9-14/h14-15,18H,5-12H2,1-4H3. The van der Waals surface area contributed by atoms with Crippen molar-refractivity contribution in [3.63, 3.8) is 0 Å². The first-order chi connectivity index (χ1) is 9.03. The highest BCUT2D eigenvalue weighted by molar-refractivity contribution is 5.41. The maximum absolute atomic E-state index is 4.64. The van der Waals surface area contributed by atoms with E-state index in [9.17, 15) is 0 Å². The molecule has 3 nitrogen and oxygen atoms in total. The van der Waals surface area contributed by atoms with Crippen LogP contribution in [0.3, 0.4) is 0 Å². The molecule has 1 saturated heterocycles. The van der Waals surface area contributed by atoms with E-state index in [-0.39, 0.29) is 0 Å². The van der Waals surface area contributed by atoms with Gasteiger partial charge in [-0.05, 0) is 63.5 Å². The van der Waals surface area contributed by atoms with Crippen LogP contribution in [-0.4, -0.2) is 31.7 Å². The second-order valence-electron chi connectivity index (χ2n) is 6.81. The Labute approximate surface area is 119 Å². The van der Waals surface area contributed by atoms with E-state index in [0.717, 1.165) is 19.6 Å². The summed E-state index contributed by atoms with van der Waals surface area (Å²) in [4.78, 5) is 8.78. The Morgan fingerprint density at radius 3 is 2.74 bits per heavy atom. The molecule has 0 spiro atoms. The summed E-state index contributed by atoms with van der Waals surface area (Å²) in [5.41, 5.74) is 0.388. The first kappa shape index (κ1) is 16.4. The predicted molar refractivity (Wildman–Crippen MR) is 83.1 cm³/mol. The van der Waals surface area contributed by atoms with Gasteiger partial charge in [0.25, 0.3) is 0 Å². The van der Waals surface area contributed by atoms with Crippen molar-refractivity contribution in [1.82, 2.24) is 5.32 Å². The van der Waals surface area contributed by atoms with Gasteiger partial charge >= 0.3 is 0 Å². The van der Waals surface area contributed by atoms with Crippen LogP contribution in [0.15, 0.2) is 9.98 Å². The number of aliphatic imine (C=N–C) groups is 2. The molecule has 0 saturated carbocycles. The molecule has 2 atom stereocenters. The van der Waals surface area contributed by atoms with Gasteiger partial charge in [-0.25, -0.2) is 9.98 Å². The van der Waals surface area contributed by atoms with Gasteiger partial charge in [-0.2, -0.15) is 0 Å². The fourth-order valence-electron chi connectivity index (χ4n) is 2.60. The largest absolute Gasteiger partial charge is 0.317 e. The van der Waals surface area contributed by atoms with E-state index in [0.29, 0.717) is 17.4 Å². The van der Waals surface area contributed by atoms with Gasteiger partial charge in [0, 0.05) is 6.54 Å². The number of hydrogen-bond acceptors (Lipinski definition) is 3. The van der Waals surface area contributed by atoms with Crippen LogP contribution in [0.2, 0.25) is 0 Å². The van der Waals surface area contributed by atoms with Gasteiger partial charge in [0.05, 0.1) is 12.1 Å². The summed E-state index contributed by atoms with van der Waals surface area (Å²) in [6.45, 7) is 12.0. The molecule has 2 unspecified atom stereocenters. The van der Waals surface area contributed by atoms with Crippen molar-refractivity contribution in [3.05, 3.63) is 0 Å². The molecule has 0 amide bonds. The Kier molecular flexibility index (Phi) is 7.33. The van der Waals surface area contributed by atoms with E-state index in [1.54, 1.807) is 0 Å². The van der Waals surface area contributed by atoms with E-state index in [1.165, 1.54) is 32.1 Å². The van der Waals surface area contributed by atoms with E-state index < -0.39 is 0 Å². The van der Waals surface area contributed by atoms with E-state index >= 15 is 0 Å². The minimum atomic E-state index is 0.388. The maximum Gasteiger partial charge on any atom is 0.0895 e. The molecule has 1 N–H and O–H groups in total. The zero-order valence-corrected chi connectivity index (χ0v) is 13.2. The second kappa shape index (κ2) is 8.50. The van der Waals surface area contributed by atoms with Crippen LogP contribution in [0, 0.1) is 11.3 Å². The van der Waals surface area contributed by atoms with Crippen LogP contribution in [0.1, 0.15) is 59.8 Å². The summed E-state index contributed by atoms with van der Waals surface area (Å²) in [6.07, 6.45) is 6.20.